The number of nitrogens with zero attached hydrogens (tertiary/aromatic N) is 1. The number of carbonyl (C=O) groups is 2. The Morgan fingerprint density at radius 3 is 2.72 bits per heavy atom. The Kier molecular flexibility index (Phi) is 5.66. The first-order valence-electron chi connectivity index (χ1n) is 9.28. The predicted octanol–water partition coefficient (Wildman–Crippen LogP) is 3.42. The highest BCUT2D eigenvalue weighted by atomic mass is 16.5. The summed E-state index contributed by atoms with van der Waals surface area (Å²) in [6.45, 7) is 3.33. The van der Waals surface area contributed by atoms with E-state index in [1.807, 2.05) is 11.0 Å². The van der Waals surface area contributed by atoms with Crippen LogP contribution in [-0.4, -0.2) is 36.6 Å². The molecule has 0 saturated heterocycles. The molecule has 2 aliphatic rings. The molecule has 1 aromatic rings. The molecule has 1 heterocycles. The molecule has 2 fully saturated rings. The summed E-state index contributed by atoms with van der Waals surface area (Å²) >= 11 is 0. The van der Waals surface area contributed by atoms with E-state index in [0.717, 1.165) is 37.2 Å². The molecule has 2 atom stereocenters. The summed E-state index contributed by atoms with van der Waals surface area (Å²) in [6, 6.07) is 4.33. The van der Waals surface area contributed by atoms with Crippen molar-refractivity contribution in [3.63, 3.8) is 0 Å². The van der Waals surface area contributed by atoms with Crippen molar-refractivity contribution >= 4 is 12.0 Å². The standard InChI is InChI=1S/C19H28N2O4/c1-13-11-16(13)17-9-8-15(25-17)12-21(14-6-7-14)19(23)20-10-4-3-5-18(22)24-2/h8-9,13-14,16H,3-7,10-12H2,1-2H3,(H,20,23). The summed E-state index contributed by atoms with van der Waals surface area (Å²) in [5.74, 6) is 2.99. The molecule has 0 radical (unpaired) electrons. The lowest BCUT2D eigenvalue weighted by molar-refractivity contribution is -0.140. The van der Waals surface area contributed by atoms with Crippen LogP contribution in [0.15, 0.2) is 16.5 Å². The van der Waals surface area contributed by atoms with Crippen molar-refractivity contribution in [2.75, 3.05) is 13.7 Å². The number of rotatable bonds is 9. The quantitative estimate of drug-likeness (QED) is 0.548. The second-order valence-electron chi connectivity index (χ2n) is 7.25. The van der Waals surface area contributed by atoms with Crippen molar-refractivity contribution in [1.29, 1.82) is 0 Å². The first-order valence-corrected chi connectivity index (χ1v) is 9.28. The number of amides is 2. The molecular weight excluding hydrogens is 320 g/mol. The van der Waals surface area contributed by atoms with Gasteiger partial charge in [-0.2, -0.15) is 0 Å². The van der Waals surface area contributed by atoms with Gasteiger partial charge in [0.15, 0.2) is 0 Å². The van der Waals surface area contributed by atoms with Crippen molar-refractivity contribution in [3.8, 4) is 0 Å². The molecular formula is C19H28N2O4. The molecule has 2 amide bonds. The third-order valence-corrected chi connectivity index (χ3v) is 5.04. The van der Waals surface area contributed by atoms with Crippen LogP contribution in [0.2, 0.25) is 0 Å². The summed E-state index contributed by atoms with van der Waals surface area (Å²) in [7, 11) is 1.39. The number of furan rings is 1. The van der Waals surface area contributed by atoms with Gasteiger partial charge in [0.05, 0.1) is 13.7 Å². The van der Waals surface area contributed by atoms with Crippen LogP contribution in [0.4, 0.5) is 4.79 Å². The zero-order chi connectivity index (χ0) is 17.8. The number of unbranched alkanes of at least 4 members (excludes halogenated alkanes) is 1. The fourth-order valence-electron chi connectivity index (χ4n) is 3.11. The molecule has 2 aliphatic carbocycles. The van der Waals surface area contributed by atoms with Crippen LogP contribution in [0.5, 0.6) is 0 Å². The fourth-order valence-corrected chi connectivity index (χ4v) is 3.11. The van der Waals surface area contributed by atoms with Gasteiger partial charge in [-0.1, -0.05) is 6.92 Å². The van der Waals surface area contributed by atoms with Gasteiger partial charge in [0, 0.05) is 24.9 Å². The van der Waals surface area contributed by atoms with E-state index in [4.69, 9.17) is 4.42 Å². The van der Waals surface area contributed by atoms with E-state index in [1.54, 1.807) is 0 Å². The van der Waals surface area contributed by atoms with Gasteiger partial charge in [-0.15, -0.1) is 0 Å². The average molecular weight is 348 g/mol. The zero-order valence-electron chi connectivity index (χ0n) is 15.1. The molecule has 3 rings (SSSR count). The molecule has 0 spiro atoms. The summed E-state index contributed by atoms with van der Waals surface area (Å²) in [5, 5.41) is 2.96. The van der Waals surface area contributed by atoms with E-state index in [1.165, 1.54) is 13.5 Å². The van der Waals surface area contributed by atoms with Gasteiger partial charge in [0.25, 0.3) is 0 Å². The van der Waals surface area contributed by atoms with E-state index in [9.17, 15) is 9.59 Å². The van der Waals surface area contributed by atoms with E-state index in [-0.39, 0.29) is 12.0 Å². The highest BCUT2D eigenvalue weighted by Crippen LogP contribution is 2.47. The third-order valence-electron chi connectivity index (χ3n) is 5.04. The Bertz CT molecular complexity index is 608. The number of ether oxygens (including phenoxy) is 1. The van der Waals surface area contributed by atoms with E-state index >= 15 is 0 Å². The summed E-state index contributed by atoms with van der Waals surface area (Å²) < 4.78 is 10.6. The highest BCUT2D eigenvalue weighted by Gasteiger charge is 2.37. The van der Waals surface area contributed by atoms with Crippen LogP contribution in [-0.2, 0) is 16.1 Å². The van der Waals surface area contributed by atoms with Gasteiger partial charge < -0.3 is 19.4 Å². The van der Waals surface area contributed by atoms with Crippen LogP contribution in [0, 0.1) is 5.92 Å². The summed E-state index contributed by atoms with van der Waals surface area (Å²) in [6.07, 6.45) is 5.20. The van der Waals surface area contributed by atoms with Gasteiger partial charge in [0.2, 0.25) is 0 Å². The largest absolute Gasteiger partial charge is 0.469 e. The van der Waals surface area contributed by atoms with Crippen molar-refractivity contribution in [3.05, 3.63) is 23.7 Å². The lowest BCUT2D eigenvalue weighted by Crippen LogP contribution is -2.41. The second-order valence-corrected chi connectivity index (χ2v) is 7.25. The molecule has 25 heavy (non-hydrogen) atoms. The Hall–Kier alpha value is -1.98. The first-order chi connectivity index (χ1) is 12.1. The number of methoxy groups -OCH3 is 1. The SMILES string of the molecule is COC(=O)CCCCNC(=O)N(Cc1ccc(C2CC2C)o1)C1CC1. The van der Waals surface area contributed by atoms with E-state index < -0.39 is 0 Å². The molecule has 1 aromatic heterocycles. The van der Waals surface area contributed by atoms with Gasteiger partial charge >= 0.3 is 12.0 Å². The van der Waals surface area contributed by atoms with Crippen LogP contribution in [0.1, 0.15) is 62.9 Å². The highest BCUT2D eigenvalue weighted by molar-refractivity contribution is 5.74. The molecule has 138 valence electrons. The second kappa shape index (κ2) is 7.93. The maximum atomic E-state index is 12.5. The van der Waals surface area contributed by atoms with Crippen molar-refractivity contribution in [2.45, 2.75) is 64.0 Å². The maximum absolute atomic E-state index is 12.5. The van der Waals surface area contributed by atoms with Crippen molar-refractivity contribution in [1.82, 2.24) is 10.2 Å². The van der Waals surface area contributed by atoms with Gasteiger partial charge in [-0.3, -0.25) is 4.79 Å². The number of nitrogens with one attached hydrogen (secondary N) is 1. The summed E-state index contributed by atoms with van der Waals surface area (Å²) in [5.41, 5.74) is 0. The minimum Gasteiger partial charge on any atom is -0.469 e. The number of urea groups is 1. The molecule has 0 bridgehead atoms. The molecule has 2 unspecified atom stereocenters. The topological polar surface area (TPSA) is 71.8 Å². The third kappa shape index (κ3) is 5.00. The summed E-state index contributed by atoms with van der Waals surface area (Å²) in [4.78, 5) is 25.4. The van der Waals surface area contributed by atoms with Gasteiger partial charge in [-0.05, 0) is 50.2 Å². The Balaban J connectivity index is 1.43. The molecule has 0 aromatic carbocycles. The number of carbonyl (C=O) groups excluding carboxylic acids is 2. The Morgan fingerprint density at radius 2 is 2.08 bits per heavy atom. The number of esters is 1. The van der Waals surface area contributed by atoms with Crippen LogP contribution in [0.25, 0.3) is 0 Å². The lowest BCUT2D eigenvalue weighted by Gasteiger charge is -2.21. The first kappa shape index (κ1) is 17.8. The predicted molar refractivity (Wildman–Crippen MR) is 93.1 cm³/mol. The Labute approximate surface area is 148 Å². The van der Waals surface area contributed by atoms with Crippen molar-refractivity contribution < 1.29 is 18.7 Å². The molecule has 6 heteroatoms. The average Bonchev–Trinajstić information content (AvgIpc) is 3.52. The van der Waals surface area contributed by atoms with Crippen molar-refractivity contribution in [2.24, 2.45) is 5.92 Å². The van der Waals surface area contributed by atoms with Gasteiger partial charge in [0.1, 0.15) is 11.5 Å². The lowest BCUT2D eigenvalue weighted by atomic mass is 10.2. The Morgan fingerprint density at radius 1 is 1.32 bits per heavy atom. The van der Waals surface area contributed by atoms with E-state index in [0.29, 0.717) is 37.4 Å². The van der Waals surface area contributed by atoms with Crippen LogP contribution >= 0.6 is 0 Å². The minimum atomic E-state index is -0.204. The zero-order valence-corrected chi connectivity index (χ0v) is 15.1. The molecule has 2 saturated carbocycles. The molecule has 1 N–H and O–H groups in total. The fraction of sp³-hybridized carbons (Fsp3) is 0.684. The van der Waals surface area contributed by atoms with Crippen LogP contribution in [0.3, 0.4) is 0 Å². The van der Waals surface area contributed by atoms with Crippen LogP contribution < -0.4 is 5.32 Å². The minimum absolute atomic E-state index is 0.0432. The number of hydrogen-bond acceptors (Lipinski definition) is 4. The molecule has 0 aliphatic heterocycles. The van der Waals surface area contributed by atoms with Gasteiger partial charge in [-0.25, -0.2) is 4.79 Å². The normalized spacial score (nSPS) is 21.7. The maximum Gasteiger partial charge on any atom is 0.318 e. The molecule has 6 nitrogen and oxygen atoms in total. The monoisotopic (exact) mass is 348 g/mol. The smallest absolute Gasteiger partial charge is 0.318 e. The number of hydrogen-bond donors (Lipinski definition) is 1. The van der Waals surface area contributed by atoms with E-state index in [2.05, 4.69) is 23.0 Å².